The summed E-state index contributed by atoms with van der Waals surface area (Å²) >= 11 is 0. The number of rotatable bonds is 1. The Hall–Kier alpha value is -1.30. The summed E-state index contributed by atoms with van der Waals surface area (Å²) in [7, 11) is 1.32. The maximum absolute atomic E-state index is 12.1. The molecule has 0 aromatic heterocycles. The first-order chi connectivity index (χ1) is 8.28. The molecule has 2 aliphatic rings. The van der Waals surface area contributed by atoms with Crippen LogP contribution in [0, 0.1) is 0 Å². The summed E-state index contributed by atoms with van der Waals surface area (Å²) in [5.41, 5.74) is -1.58. The Morgan fingerprint density at radius 3 is 2.56 bits per heavy atom. The van der Waals surface area contributed by atoms with Gasteiger partial charge in [-0.1, -0.05) is 0 Å². The van der Waals surface area contributed by atoms with Crippen molar-refractivity contribution in [2.24, 2.45) is 0 Å². The minimum atomic E-state index is -0.998. The summed E-state index contributed by atoms with van der Waals surface area (Å²) < 4.78 is 15.6. The van der Waals surface area contributed by atoms with E-state index in [1.807, 2.05) is 0 Å². The molecule has 0 aromatic carbocycles. The summed E-state index contributed by atoms with van der Waals surface area (Å²) in [6.45, 7) is 5.94. The van der Waals surface area contributed by atoms with Crippen molar-refractivity contribution < 1.29 is 23.8 Å². The van der Waals surface area contributed by atoms with Crippen molar-refractivity contribution in [2.45, 2.75) is 44.4 Å². The molecule has 2 heterocycles. The number of nitrogens with zero attached hydrogens (tertiary/aromatic N) is 1. The molecule has 2 fully saturated rings. The number of carbonyl (C=O) groups is 2. The van der Waals surface area contributed by atoms with E-state index in [1.54, 1.807) is 20.8 Å². The fourth-order valence-electron chi connectivity index (χ4n) is 2.44. The molecule has 6 nitrogen and oxygen atoms in total. The Morgan fingerprint density at radius 2 is 2.06 bits per heavy atom. The molecule has 6 heteroatoms. The lowest BCUT2D eigenvalue weighted by atomic mass is 9.99. The van der Waals surface area contributed by atoms with Crippen molar-refractivity contribution in [1.29, 1.82) is 0 Å². The third-order valence-corrected chi connectivity index (χ3v) is 3.21. The summed E-state index contributed by atoms with van der Waals surface area (Å²) in [5, 5.41) is 0. The number of likely N-dealkylation sites (tertiary alicyclic amines) is 1. The van der Waals surface area contributed by atoms with E-state index in [1.165, 1.54) is 12.0 Å². The molecule has 0 N–H and O–H groups in total. The normalized spacial score (nSPS) is 30.4. The van der Waals surface area contributed by atoms with E-state index in [0.29, 0.717) is 13.0 Å². The average molecular weight is 257 g/mol. The van der Waals surface area contributed by atoms with Crippen LogP contribution in [0.1, 0.15) is 27.2 Å². The van der Waals surface area contributed by atoms with Gasteiger partial charge >= 0.3 is 12.1 Å². The highest BCUT2D eigenvalue weighted by molar-refractivity contribution is 5.87. The lowest BCUT2D eigenvalue weighted by Crippen LogP contribution is -2.57. The Labute approximate surface area is 106 Å². The number of methoxy groups -OCH3 is 1. The van der Waals surface area contributed by atoms with Crippen LogP contribution in [0.2, 0.25) is 0 Å². The number of fused-ring (bicyclic) bond motifs is 2. The molecule has 0 aliphatic carbocycles. The van der Waals surface area contributed by atoms with Crippen LogP contribution < -0.4 is 0 Å². The van der Waals surface area contributed by atoms with Crippen molar-refractivity contribution in [3.05, 3.63) is 0 Å². The Morgan fingerprint density at radius 1 is 1.39 bits per heavy atom. The van der Waals surface area contributed by atoms with Gasteiger partial charge in [-0.3, -0.25) is 4.90 Å². The van der Waals surface area contributed by atoms with Gasteiger partial charge in [0.2, 0.25) is 0 Å². The number of esters is 1. The topological polar surface area (TPSA) is 65.1 Å². The van der Waals surface area contributed by atoms with Crippen molar-refractivity contribution in [3.8, 4) is 0 Å². The van der Waals surface area contributed by atoms with E-state index >= 15 is 0 Å². The minimum Gasteiger partial charge on any atom is -0.467 e. The summed E-state index contributed by atoms with van der Waals surface area (Å²) in [6.07, 6.45) is -0.103. The van der Waals surface area contributed by atoms with Crippen LogP contribution in [-0.2, 0) is 19.0 Å². The van der Waals surface area contributed by atoms with Crippen LogP contribution in [0.25, 0.3) is 0 Å². The molecule has 1 unspecified atom stereocenters. The first kappa shape index (κ1) is 13.1. The maximum atomic E-state index is 12.1. The summed E-state index contributed by atoms with van der Waals surface area (Å²) in [4.78, 5) is 25.5. The van der Waals surface area contributed by atoms with Crippen LogP contribution in [0.15, 0.2) is 0 Å². The van der Waals surface area contributed by atoms with Crippen molar-refractivity contribution >= 4 is 12.1 Å². The van der Waals surface area contributed by atoms with E-state index in [-0.39, 0.29) is 12.7 Å². The van der Waals surface area contributed by atoms with Crippen LogP contribution in [0.4, 0.5) is 4.79 Å². The number of hydrogen-bond donors (Lipinski definition) is 0. The van der Waals surface area contributed by atoms with Gasteiger partial charge in [-0.15, -0.1) is 0 Å². The number of carbonyl (C=O) groups excluding carboxylic acids is 2. The molecule has 0 radical (unpaired) electrons. The Balaban J connectivity index is 2.18. The molecular formula is C12H19NO5. The monoisotopic (exact) mass is 257 g/mol. The van der Waals surface area contributed by atoms with Crippen molar-refractivity contribution in [2.75, 3.05) is 20.3 Å². The lowest BCUT2D eigenvalue weighted by Gasteiger charge is -2.36. The molecular weight excluding hydrogens is 238 g/mol. The molecule has 0 saturated carbocycles. The highest BCUT2D eigenvalue weighted by Crippen LogP contribution is 2.39. The van der Waals surface area contributed by atoms with Crippen LogP contribution >= 0.6 is 0 Å². The van der Waals surface area contributed by atoms with Gasteiger partial charge < -0.3 is 14.2 Å². The molecule has 2 saturated heterocycles. The predicted octanol–water partition coefficient (Wildman–Crippen LogP) is 0.938. The SMILES string of the molecule is COC(=O)C12CO[C@H](CN1C(=O)OC(C)(C)C)C2. The quantitative estimate of drug-likeness (QED) is 0.654. The highest BCUT2D eigenvalue weighted by Gasteiger charge is 2.60. The highest BCUT2D eigenvalue weighted by atomic mass is 16.6. The second kappa shape index (κ2) is 4.12. The molecule has 1 amide bonds. The predicted molar refractivity (Wildman–Crippen MR) is 62.0 cm³/mol. The molecule has 102 valence electrons. The van der Waals surface area contributed by atoms with Gasteiger partial charge in [0.15, 0.2) is 5.54 Å². The number of ether oxygens (including phenoxy) is 3. The first-order valence-corrected chi connectivity index (χ1v) is 5.99. The zero-order valence-electron chi connectivity index (χ0n) is 11.2. The number of morpholine rings is 1. The molecule has 2 aliphatic heterocycles. The molecule has 0 aromatic rings. The molecule has 18 heavy (non-hydrogen) atoms. The van der Waals surface area contributed by atoms with Crippen LogP contribution in [0.5, 0.6) is 0 Å². The molecule has 0 spiro atoms. The lowest BCUT2D eigenvalue weighted by molar-refractivity contribution is -0.156. The van der Waals surface area contributed by atoms with Gasteiger partial charge in [-0.05, 0) is 20.8 Å². The Bertz CT molecular complexity index is 375. The Kier molecular flexibility index (Phi) is 3.01. The van der Waals surface area contributed by atoms with E-state index in [0.717, 1.165) is 0 Å². The second-order valence-corrected chi connectivity index (χ2v) is 5.75. The molecule has 2 rings (SSSR count). The van der Waals surface area contributed by atoms with E-state index in [9.17, 15) is 9.59 Å². The fraction of sp³-hybridized carbons (Fsp3) is 0.833. The van der Waals surface area contributed by atoms with Gasteiger partial charge in [0.1, 0.15) is 5.60 Å². The fourth-order valence-corrected chi connectivity index (χ4v) is 2.44. The standard InChI is InChI=1S/C12H19NO5/c1-11(2,3)18-10(15)13-6-8-5-12(13,7-17-8)9(14)16-4/h8H,5-7H2,1-4H3/t8-,12?/m0/s1. The van der Waals surface area contributed by atoms with Gasteiger partial charge in [0.05, 0.1) is 26.4 Å². The maximum Gasteiger partial charge on any atom is 0.411 e. The van der Waals surface area contributed by atoms with Gasteiger partial charge in [-0.2, -0.15) is 0 Å². The molecule has 2 bridgehead atoms. The number of amides is 1. The summed E-state index contributed by atoms with van der Waals surface area (Å²) in [5.74, 6) is -0.437. The van der Waals surface area contributed by atoms with Gasteiger partial charge in [0.25, 0.3) is 0 Å². The van der Waals surface area contributed by atoms with Crippen molar-refractivity contribution in [3.63, 3.8) is 0 Å². The van der Waals surface area contributed by atoms with Gasteiger partial charge in [0, 0.05) is 6.42 Å². The third-order valence-electron chi connectivity index (χ3n) is 3.21. The summed E-state index contributed by atoms with van der Waals surface area (Å²) in [6, 6.07) is 0. The van der Waals surface area contributed by atoms with E-state index < -0.39 is 23.2 Å². The van der Waals surface area contributed by atoms with E-state index in [2.05, 4.69) is 0 Å². The average Bonchev–Trinajstić information content (AvgIpc) is 2.84. The van der Waals surface area contributed by atoms with Crippen molar-refractivity contribution in [1.82, 2.24) is 4.90 Å². The second-order valence-electron chi connectivity index (χ2n) is 5.75. The first-order valence-electron chi connectivity index (χ1n) is 5.99. The smallest absolute Gasteiger partial charge is 0.411 e. The zero-order valence-corrected chi connectivity index (χ0v) is 11.2. The van der Waals surface area contributed by atoms with E-state index in [4.69, 9.17) is 14.2 Å². The molecule has 2 atom stereocenters. The van der Waals surface area contributed by atoms with Crippen LogP contribution in [0.3, 0.4) is 0 Å². The van der Waals surface area contributed by atoms with Gasteiger partial charge in [-0.25, -0.2) is 9.59 Å². The third kappa shape index (κ3) is 2.05. The minimum absolute atomic E-state index is 0.100. The largest absolute Gasteiger partial charge is 0.467 e. The van der Waals surface area contributed by atoms with Crippen LogP contribution in [-0.4, -0.2) is 54.5 Å². The number of hydrogen-bond acceptors (Lipinski definition) is 5. The zero-order chi connectivity index (χ0) is 13.6.